The van der Waals surface area contributed by atoms with Crippen LogP contribution < -0.4 is 0 Å². The highest BCUT2D eigenvalue weighted by molar-refractivity contribution is 5.97. The van der Waals surface area contributed by atoms with Crippen LogP contribution in [0.4, 0.5) is 0 Å². The largest absolute Gasteiger partial charge is 0.508 e. The molecule has 162 valence electrons. The minimum Gasteiger partial charge on any atom is -0.508 e. The summed E-state index contributed by atoms with van der Waals surface area (Å²) in [4.78, 5) is 17.4. The van der Waals surface area contributed by atoms with Gasteiger partial charge in [-0.25, -0.2) is 0 Å². The highest BCUT2D eigenvalue weighted by Gasteiger charge is 2.22. The first kappa shape index (κ1) is 22.2. The molecule has 1 aromatic rings. The molecule has 1 saturated heterocycles. The topological polar surface area (TPSA) is 64.0 Å². The number of likely N-dealkylation sites (tertiary alicyclic amines) is 1. The zero-order valence-corrected chi connectivity index (χ0v) is 18.2. The number of hydrogen-bond donors (Lipinski definition) is 2. The minimum absolute atomic E-state index is 0.0150. The number of carbonyl (C=O) groups excluding carboxylic acids is 1. The summed E-state index contributed by atoms with van der Waals surface area (Å²) in [6, 6.07) is 2.88. The molecule has 0 spiro atoms. The van der Waals surface area contributed by atoms with Gasteiger partial charge in [0.1, 0.15) is 11.5 Å². The van der Waals surface area contributed by atoms with Crippen molar-refractivity contribution in [2.75, 3.05) is 32.7 Å². The number of benzene rings is 1. The second kappa shape index (κ2) is 9.98. The van der Waals surface area contributed by atoms with Gasteiger partial charge in [0.2, 0.25) is 0 Å². The van der Waals surface area contributed by atoms with Crippen LogP contribution in [0, 0.1) is 0 Å². The summed E-state index contributed by atoms with van der Waals surface area (Å²) in [6.07, 6.45) is 10.9. The van der Waals surface area contributed by atoms with Crippen molar-refractivity contribution in [3.8, 4) is 11.5 Å². The van der Waals surface area contributed by atoms with Gasteiger partial charge in [0.05, 0.1) is 5.56 Å². The predicted octanol–water partition coefficient (Wildman–Crippen LogP) is 4.59. The Balaban J connectivity index is 1.77. The van der Waals surface area contributed by atoms with E-state index in [0.717, 1.165) is 31.6 Å². The van der Waals surface area contributed by atoms with Gasteiger partial charge in [-0.3, -0.25) is 9.69 Å². The summed E-state index contributed by atoms with van der Waals surface area (Å²) in [6.45, 7) is 12.2. The van der Waals surface area contributed by atoms with Gasteiger partial charge in [0.25, 0.3) is 5.91 Å². The Labute approximate surface area is 180 Å². The van der Waals surface area contributed by atoms with Crippen LogP contribution in [0.15, 0.2) is 48.1 Å². The molecule has 0 atom stereocenters. The highest BCUT2D eigenvalue weighted by atomic mass is 16.3. The molecule has 30 heavy (non-hydrogen) atoms. The van der Waals surface area contributed by atoms with Crippen LogP contribution >= 0.6 is 0 Å². The van der Waals surface area contributed by atoms with Gasteiger partial charge in [0.15, 0.2) is 0 Å². The number of rotatable bonds is 4. The van der Waals surface area contributed by atoms with E-state index in [1.807, 2.05) is 13.8 Å². The highest BCUT2D eigenvalue weighted by Crippen LogP contribution is 2.33. The quantitative estimate of drug-likeness (QED) is 0.762. The molecular formula is C25H34N2O3. The van der Waals surface area contributed by atoms with Crippen LogP contribution in [0.1, 0.15) is 61.4 Å². The van der Waals surface area contributed by atoms with Crippen LogP contribution in [0.25, 0.3) is 0 Å². The molecule has 0 bridgehead atoms. The molecular weight excluding hydrogens is 376 g/mol. The Morgan fingerprint density at radius 3 is 2.53 bits per heavy atom. The molecule has 0 saturated carbocycles. The standard InChI is InChI=1S/C25H34N2O3/c1-18(2)21-14-22(24(29)15-23(21)28)25(30)27-12-8-5-9-20(13-19(3)16-27)17-26-10-6-4-7-11-26/h5,9,13-15,18,28-29H,3-4,6-8,10-12,16-17H2,1-2H3/b9-5-,20-13+. The summed E-state index contributed by atoms with van der Waals surface area (Å²) >= 11 is 0. The van der Waals surface area contributed by atoms with Crippen LogP contribution in [0.3, 0.4) is 0 Å². The van der Waals surface area contributed by atoms with E-state index in [2.05, 4.69) is 29.7 Å². The van der Waals surface area contributed by atoms with Crippen molar-refractivity contribution < 1.29 is 15.0 Å². The fraction of sp³-hybridized carbons (Fsp3) is 0.480. The van der Waals surface area contributed by atoms with Gasteiger partial charge < -0.3 is 15.1 Å². The molecule has 2 N–H and O–H groups in total. The minimum atomic E-state index is -0.239. The van der Waals surface area contributed by atoms with Crippen molar-refractivity contribution in [1.82, 2.24) is 9.80 Å². The second-order valence-corrected chi connectivity index (χ2v) is 8.71. The van der Waals surface area contributed by atoms with E-state index < -0.39 is 0 Å². The fourth-order valence-electron chi connectivity index (χ4n) is 4.19. The van der Waals surface area contributed by atoms with Gasteiger partial charge in [-0.05, 0) is 61.0 Å². The third kappa shape index (κ3) is 5.54. The van der Waals surface area contributed by atoms with Crippen LogP contribution in [-0.4, -0.2) is 58.6 Å². The molecule has 2 aliphatic heterocycles. The monoisotopic (exact) mass is 410 g/mol. The SMILES string of the molecule is C=C1/C=C(CN2CCCCC2)\C=C/CCN(C(=O)c2cc(C(C)C)c(O)cc2O)C1. The van der Waals surface area contributed by atoms with E-state index in [1.54, 1.807) is 11.0 Å². The van der Waals surface area contributed by atoms with Crippen molar-refractivity contribution >= 4 is 5.91 Å². The maximum atomic E-state index is 13.2. The molecule has 1 aromatic carbocycles. The Morgan fingerprint density at radius 1 is 1.10 bits per heavy atom. The number of piperidine rings is 1. The molecule has 2 heterocycles. The number of amides is 1. The zero-order valence-electron chi connectivity index (χ0n) is 18.2. The third-order valence-electron chi connectivity index (χ3n) is 5.82. The number of phenols is 2. The van der Waals surface area contributed by atoms with Crippen LogP contribution in [-0.2, 0) is 0 Å². The molecule has 0 aromatic heterocycles. The average molecular weight is 411 g/mol. The van der Waals surface area contributed by atoms with E-state index in [4.69, 9.17) is 0 Å². The summed E-state index contributed by atoms with van der Waals surface area (Å²) in [5, 5.41) is 20.4. The van der Waals surface area contributed by atoms with E-state index in [1.165, 1.54) is 30.9 Å². The van der Waals surface area contributed by atoms with Crippen LogP contribution in [0.5, 0.6) is 11.5 Å². The lowest BCUT2D eigenvalue weighted by Gasteiger charge is -2.27. The molecule has 5 heteroatoms. The van der Waals surface area contributed by atoms with Crippen molar-refractivity contribution in [1.29, 1.82) is 0 Å². The van der Waals surface area contributed by atoms with Crippen molar-refractivity contribution in [2.45, 2.75) is 45.4 Å². The number of phenolic OH excluding ortho intramolecular Hbond substituents is 2. The number of aromatic hydroxyl groups is 2. The first-order valence-electron chi connectivity index (χ1n) is 11.0. The molecule has 0 radical (unpaired) electrons. The van der Waals surface area contributed by atoms with Gasteiger partial charge in [-0.1, -0.05) is 45.1 Å². The van der Waals surface area contributed by atoms with Crippen molar-refractivity contribution in [3.05, 3.63) is 59.2 Å². The molecule has 5 nitrogen and oxygen atoms in total. The maximum absolute atomic E-state index is 13.2. The molecule has 1 amide bonds. The lowest BCUT2D eigenvalue weighted by Crippen LogP contribution is -2.33. The van der Waals surface area contributed by atoms with E-state index in [-0.39, 0.29) is 28.9 Å². The Kier molecular flexibility index (Phi) is 7.38. The summed E-state index contributed by atoms with van der Waals surface area (Å²) in [5.41, 5.74) is 2.99. The summed E-state index contributed by atoms with van der Waals surface area (Å²) in [5.74, 6) is -0.368. The van der Waals surface area contributed by atoms with Gasteiger partial charge >= 0.3 is 0 Å². The van der Waals surface area contributed by atoms with Crippen LogP contribution in [0.2, 0.25) is 0 Å². The smallest absolute Gasteiger partial charge is 0.257 e. The molecule has 2 aliphatic rings. The maximum Gasteiger partial charge on any atom is 0.257 e. The van der Waals surface area contributed by atoms with E-state index in [0.29, 0.717) is 18.7 Å². The molecule has 1 fully saturated rings. The number of nitrogens with zero attached hydrogens (tertiary/aromatic N) is 2. The lowest BCUT2D eigenvalue weighted by molar-refractivity contribution is 0.0770. The molecule has 0 unspecified atom stereocenters. The third-order valence-corrected chi connectivity index (χ3v) is 5.82. The second-order valence-electron chi connectivity index (χ2n) is 8.71. The van der Waals surface area contributed by atoms with Crippen molar-refractivity contribution in [3.63, 3.8) is 0 Å². The van der Waals surface area contributed by atoms with Gasteiger partial charge in [-0.15, -0.1) is 0 Å². The Morgan fingerprint density at radius 2 is 1.83 bits per heavy atom. The average Bonchev–Trinajstić information content (AvgIpc) is 2.78. The molecule has 3 rings (SSSR count). The normalized spacial score (nSPS) is 21.5. The molecule has 0 aliphatic carbocycles. The summed E-state index contributed by atoms with van der Waals surface area (Å²) in [7, 11) is 0. The zero-order chi connectivity index (χ0) is 21.7. The van der Waals surface area contributed by atoms with E-state index in [9.17, 15) is 15.0 Å². The van der Waals surface area contributed by atoms with Gasteiger partial charge in [0, 0.05) is 25.7 Å². The fourth-order valence-corrected chi connectivity index (χ4v) is 4.19. The summed E-state index contributed by atoms with van der Waals surface area (Å²) < 4.78 is 0. The van der Waals surface area contributed by atoms with Crippen molar-refractivity contribution in [2.24, 2.45) is 0 Å². The first-order chi connectivity index (χ1) is 14.3. The van der Waals surface area contributed by atoms with E-state index >= 15 is 0 Å². The Bertz CT molecular complexity index is 848. The Hall–Kier alpha value is -2.53. The van der Waals surface area contributed by atoms with Gasteiger partial charge in [-0.2, -0.15) is 0 Å². The number of hydrogen-bond acceptors (Lipinski definition) is 4. The number of carbonyl (C=O) groups is 1. The lowest BCUT2D eigenvalue weighted by atomic mass is 9.98. The first-order valence-corrected chi connectivity index (χ1v) is 11.0. The predicted molar refractivity (Wildman–Crippen MR) is 121 cm³/mol.